The van der Waals surface area contributed by atoms with Crippen LogP contribution in [0.15, 0.2) is 12.1 Å². The van der Waals surface area contributed by atoms with Crippen molar-refractivity contribution in [2.45, 2.75) is 39.0 Å². The van der Waals surface area contributed by atoms with Gasteiger partial charge in [0, 0.05) is 31.1 Å². The molecule has 0 unspecified atom stereocenters. The molecular formula is C15H23ClN2O2S. The van der Waals surface area contributed by atoms with Crippen molar-refractivity contribution < 1.29 is 9.53 Å². The summed E-state index contributed by atoms with van der Waals surface area (Å²) in [4.78, 5) is 17.6. The summed E-state index contributed by atoms with van der Waals surface area (Å²) in [6.07, 6.45) is 0.0101. The molecule has 118 valence electrons. The number of rotatable bonds is 4. The maximum Gasteiger partial charge on any atom is 0.239 e. The summed E-state index contributed by atoms with van der Waals surface area (Å²) in [6.45, 7) is 8.19. The number of likely N-dealkylation sites (N-methyl/N-ethyl adjacent to an activating group) is 1. The van der Waals surface area contributed by atoms with Crippen LogP contribution in [0.4, 0.5) is 0 Å². The minimum atomic E-state index is -0.126. The van der Waals surface area contributed by atoms with Crippen LogP contribution in [0.25, 0.3) is 0 Å². The quantitative estimate of drug-likeness (QED) is 0.850. The Kier molecular flexibility index (Phi) is 5.66. The van der Waals surface area contributed by atoms with Crippen molar-refractivity contribution in [3.05, 3.63) is 21.3 Å². The lowest BCUT2D eigenvalue weighted by Gasteiger charge is -2.37. The van der Waals surface area contributed by atoms with Crippen molar-refractivity contribution in [1.29, 1.82) is 0 Å². The van der Waals surface area contributed by atoms with E-state index in [9.17, 15) is 4.79 Å². The Morgan fingerprint density at radius 2 is 2.19 bits per heavy atom. The van der Waals surface area contributed by atoms with Gasteiger partial charge in [0.15, 0.2) is 0 Å². The summed E-state index contributed by atoms with van der Waals surface area (Å²) in [5.74, 6) is 0.162. The zero-order chi connectivity index (χ0) is 15.6. The summed E-state index contributed by atoms with van der Waals surface area (Å²) in [6, 6.07) is 3.99. The van der Waals surface area contributed by atoms with E-state index in [1.807, 2.05) is 40.0 Å². The van der Waals surface area contributed by atoms with Gasteiger partial charge in [-0.3, -0.25) is 9.69 Å². The van der Waals surface area contributed by atoms with Gasteiger partial charge < -0.3 is 9.64 Å². The van der Waals surface area contributed by atoms with E-state index in [1.54, 1.807) is 16.2 Å². The van der Waals surface area contributed by atoms with E-state index in [0.717, 1.165) is 22.3 Å². The molecule has 21 heavy (non-hydrogen) atoms. The van der Waals surface area contributed by atoms with Gasteiger partial charge in [0.2, 0.25) is 5.91 Å². The number of carbonyl (C=O) groups excluding carboxylic acids is 1. The Labute approximate surface area is 135 Å². The number of halogens is 1. The smallest absolute Gasteiger partial charge is 0.239 e. The van der Waals surface area contributed by atoms with Crippen LogP contribution in [-0.4, -0.2) is 54.5 Å². The Morgan fingerprint density at radius 3 is 2.76 bits per heavy atom. The van der Waals surface area contributed by atoms with Crippen LogP contribution in [0.2, 0.25) is 4.34 Å². The van der Waals surface area contributed by atoms with E-state index in [1.165, 1.54) is 0 Å². The lowest BCUT2D eigenvalue weighted by atomic mass is 10.1. The first-order valence-corrected chi connectivity index (χ1v) is 8.47. The third kappa shape index (κ3) is 3.97. The van der Waals surface area contributed by atoms with E-state index in [2.05, 4.69) is 4.90 Å². The second-order valence-corrected chi connectivity index (χ2v) is 7.46. The number of hydrogen-bond acceptors (Lipinski definition) is 4. The highest BCUT2D eigenvalue weighted by molar-refractivity contribution is 7.16. The number of thiophene rings is 1. The SMILES string of the molecule is CC(C)N(C)C(=O)[C@H](C)N1CCO[C@H](c2ccc(Cl)s2)C1. The van der Waals surface area contributed by atoms with Crippen molar-refractivity contribution in [2.75, 3.05) is 26.7 Å². The minimum Gasteiger partial charge on any atom is -0.370 e. The normalized spacial score (nSPS) is 21.5. The first-order valence-electron chi connectivity index (χ1n) is 7.27. The summed E-state index contributed by atoms with van der Waals surface area (Å²) < 4.78 is 6.60. The third-order valence-corrected chi connectivity index (χ3v) is 5.36. The highest BCUT2D eigenvalue weighted by Gasteiger charge is 2.31. The van der Waals surface area contributed by atoms with E-state index in [4.69, 9.17) is 16.3 Å². The number of amides is 1. The van der Waals surface area contributed by atoms with Gasteiger partial charge in [-0.25, -0.2) is 0 Å². The minimum absolute atomic E-state index is 0.0101. The van der Waals surface area contributed by atoms with Crippen LogP contribution in [0.3, 0.4) is 0 Å². The molecule has 1 aliphatic rings. The zero-order valence-electron chi connectivity index (χ0n) is 13.0. The third-order valence-electron chi connectivity index (χ3n) is 4.04. The van der Waals surface area contributed by atoms with E-state index in [0.29, 0.717) is 6.61 Å². The Balaban J connectivity index is 2.02. The molecule has 1 aromatic rings. The molecule has 2 heterocycles. The van der Waals surface area contributed by atoms with Crippen molar-refractivity contribution in [2.24, 2.45) is 0 Å². The van der Waals surface area contributed by atoms with Crippen LogP contribution in [-0.2, 0) is 9.53 Å². The fraction of sp³-hybridized carbons (Fsp3) is 0.667. The molecule has 0 aromatic carbocycles. The van der Waals surface area contributed by atoms with Crippen LogP contribution in [0.1, 0.15) is 31.8 Å². The fourth-order valence-electron chi connectivity index (χ4n) is 2.40. The molecule has 1 aromatic heterocycles. The number of nitrogens with zero attached hydrogens (tertiary/aromatic N) is 2. The number of ether oxygens (including phenoxy) is 1. The van der Waals surface area contributed by atoms with Crippen molar-refractivity contribution in [3.8, 4) is 0 Å². The maximum atomic E-state index is 12.5. The first kappa shape index (κ1) is 16.7. The topological polar surface area (TPSA) is 32.8 Å². The van der Waals surface area contributed by atoms with Gasteiger partial charge in [-0.15, -0.1) is 11.3 Å². The summed E-state index contributed by atoms with van der Waals surface area (Å²) >= 11 is 7.54. The second kappa shape index (κ2) is 7.09. The predicted octanol–water partition coefficient (Wildman–Crippen LogP) is 3.03. The summed E-state index contributed by atoms with van der Waals surface area (Å²) in [5.41, 5.74) is 0. The van der Waals surface area contributed by atoms with E-state index in [-0.39, 0.29) is 24.1 Å². The van der Waals surface area contributed by atoms with E-state index >= 15 is 0 Å². The van der Waals surface area contributed by atoms with Gasteiger partial charge in [-0.05, 0) is 32.9 Å². The Hall–Kier alpha value is -0.620. The van der Waals surface area contributed by atoms with Gasteiger partial charge in [-0.1, -0.05) is 11.6 Å². The Bertz CT molecular complexity index is 492. The van der Waals surface area contributed by atoms with Gasteiger partial charge in [-0.2, -0.15) is 0 Å². The first-order chi connectivity index (χ1) is 9.90. The molecule has 1 fully saturated rings. The van der Waals surface area contributed by atoms with Gasteiger partial charge in [0.05, 0.1) is 17.0 Å². The van der Waals surface area contributed by atoms with Gasteiger partial charge >= 0.3 is 0 Å². The number of carbonyl (C=O) groups is 1. The summed E-state index contributed by atoms with van der Waals surface area (Å²) in [5, 5.41) is 0. The predicted molar refractivity (Wildman–Crippen MR) is 87.0 cm³/mol. The average Bonchev–Trinajstić information content (AvgIpc) is 2.91. The van der Waals surface area contributed by atoms with Crippen LogP contribution < -0.4 is 0 Å². The highest BCUT2D eigenvalue weighted by atomic mass is 35.5. The maximum absolute atomic E-state index is 12.5. The summed E-state index contributed by atoms with van der Waals surface area (Å²) in [7, 11) is 1.86. The molecule has 0 bridgehead atoms. The monoisotopic (exact) mass is 330 g/mol. The Morgan fingerprint density at radius 1 is 1.48 bits per heavy atom. The molecule has 0 saturated carbocycles. The lowest BCUT2D eigenvalue weighted by molar-refractivity contribution is -0.139. The molecular weight excluding hydrogens is 308 g/mol. The van der Waals surface area contributed by atoms with Crippen LogP contribution in [0, 0.1) is 0 Å². The van der Waals surface area contributed by atoms with Crippen molar-refractivity contribution in [3.63, 3.8) is 0 Å². The largest absolute Gasteiger partial charge is 0.370 e. The average molecular weight is 331 g/mol. The standard InChI is InChI=1S/C15H23ClN2O2S/c1-10(2)17(4)15(19)11(3)18-7-8-20-12(9-18)13-5-6-14(16)21-13/h5-6,10-12H,7-9H2,1-4H3/t11-,12-/m0/s1. The highest BCUT2D eigenvalue weighted by Crippen LogP contribution is 2.31. The molecule has 1 saturated heterocycles. The molecule has 4 nitrogen and oxygen atoms in total. The van der Waals surface area contributed by atoms with Crippen LogP contribution >= 0.6 is 22.9 Å². The molecule has 1 amide bonds. The molecule has 0 N–H and O–H groups in total. The lowest BCUT2D eigenvalue weighted by Crippen LogP contribution is -2.51. The zero-order valence-corrected chi connectivity index (χ0v) is 14.6. The molecule has 0 aliphatic carbocycles. The molecule has 6 heteroatoms. The second-order valence-electron chi connectivity index (χ2n) is 5.72. The fourth-order valence-corrected chi connectivity index (χ4v) is 3.50. The van der Waals surface area contributed by atoms with Gasteiger partial charge in [0.1, 0.15) is 6.10 Å². The molecule has 1 aliphatic heterocycles. The number of hydrogen-bond donors (Lipinski definition) is 0. The molecule has 0 radical (unpaired) electrons. The molecule has 2 atom stereocenters. The molecule has 0 spiro atoms. The number of morpholine rings is 1. The van der Waals surface area contributed by atoms with Crippen molar-refractivity contribution >= 4 is 28.8 Å². The molecule has 2 rings (SSSR count). The van der Waals surface area contributed by atoms with Crippen LogP contribution in [0.5, 0.6) is 0 Å². The van der Waals surface area contributed by atoms with Crippen molar-refractivity contribution in [1.82, 2.24) is 9.80 Å². The van der Waals surface area contributed by atoms with E-state index < -0.39 is 0 Å². The van der Waals surface area contributed by atoms with Gasteiger partial charge in [0.25, 0.3) is 0 Å².